The summed E-state index contributed by atoms with van der Waals surface area (Å²) in [6.45, 7) is 4.05. The molecule has 0 aliphatic heterocycles. The van der Waals surface area contributed by atoms with Crippen LogP contribution in [0.2, 0.25) is 0 Å². The van der Waals surface area contributed by atoms with Crippen molar-refractivity contribution in [2.24, 2.45) is 0 Å². The van der Waals surface area contributed by atoms with Crippen molar-refractivity contribution in [1.82, 2.24) is 15.6 Å². The summed E-state index contributed by atoms with van der Waals surface area (Å²) in [7, 11) is 0. The topological polar surface area (TPSA) is 54.0 Å². The minimum absolute atomic E-state index is 0.0651. The molecular formula is C13H17N3O. The molecule has 4 nitrogen and oxygen atoms in total. The van der Waals surface area contributed by atoms with Gasteiger partial charge in [-0.1, -0.05) is 12.0 Å². The number of nitrogens with zero attached hydrogens (tertiary/aromatic N) is 1. The summed E-state index contributed by atoms with van der Waals surface area (Å²) >= 11 is 0. The third-order valence-electron chi connectivity index (χ3n) is 2.44. The number of nitrogens with one attached hydrogen (secondary N) is 2. The second-order valence-corrected chi connectivity index (χ2v) is 3.82. The number of carbonyl (C=O) groups excluding carboxylic acids is 1. The highest BCUT2D eigenvalue weighted by Crippen LogP contribution is 2.10. The van der Waals surface area contributed by atoms with Gasteiger partial charge in [0.15, 0.2) is 0 Å². The van der Waals surface area contributed by atoms with Gasteiger partial charge in [0.1, 0.15) is 0 Å². The highest BCUT2D eigenvalue weighted by atomic mass is 16.2. The van der Waals surface area contributed by atoms with E-state index >= 15 is 0 Å². The SMILES string of the molecule is C#CCNC(=O)C(C)N[C@H](C)c1cccnc1. The molecule has 0 aliphatic rings. The summed E-state index contributed by atoms with van der Waals surface area (Å²) in [4.78, 5) is 15.6. The molecule has 17 heavy (non-hydrogen) atoms. The Kier molecular flexibility index (Phi) is 5.18. The van der Waals surface area contributed by atoms with Gasteiger partial charge in [0.05, 0.1) is 12.6 Å². The van der Waals surface area contributed by atoms with E-state index in [-0.39, 0.29) is 24.5 Å². The summed E-state index contributed by atoms with van der Waals surface area (Å²) in [6.07, 6.45) is 8.58. The van der Waals surface area contributed by atoms with Gasteiger partial charge in [0.25, 0.3) is 0 Å². The third-order valence-corrected chi connectivity index (χ3v) is 2.44. The van der Waals surface area contributed by atoms with Gasteiger partial charge in [-0.3, -0.25) is 15.1 Å². The third kappa shape index (κ3) is 4.25. The predicted molar refractivity (Wildman–Crippen MR) is 67.1 cm³/mol. The van der Waals surface area contributed by atoms with E-state index in [9.17, 15) is 4.79 Å². The molecule has 0 aromatic carbocycles. The van der Waals surface area contributed by atoms with Crippen LogP contribution in [0.3, 0.4) is 0 Å². The van der Waals surface area contributed by atoms with E-state index in [4.69, 9.17) is 6.42 Å². The summed E-state index contributed by atoms with van der Waals surface area (Å²) in [5.41, 5.74) is 1.05. The molecule has 2 N–H and O–H groups in total. The first-order chi connectivity index (χ1) is 8.15. The number of rotatable bonds is 5. The van der Waals surface area contributed by atoms with E-state index < -0.39 is 0 Å². The zero-order chi connectivity index (χ0) is 12.7. The Hall–Kier alpha value is -1.86. The van der Waals surface area contributed by atoms with Crippen LogP contribution in [0.25, 0.3) is 0 Å². The van der Waals surface area contributed by atoms with Crippen LogP contribution < -0.4 is 10.6 Å². The fourth-order valence-electron chi connectivity index (χ4n) is 1.47. The number of aromatic nitrogens is 1. The van der Waals surface area contributed by atoms with Crippen LogP contribution in [0.4, 0.5) is 0 Å². The molecule has 0 bridgehead atoms. The van der Waals surface area contributed by atoms with E-state index in [0.29, 0.717) is 0 Å². The lowest BCUT2D eigenvalue weighted by atomic mass is 10.1. The monoisotopic (exact) mass is 231 g/mol. The van der Waals surface area contributed by atoms with Gasteiger partial charge in [0, 0.05) is 18.4 Å². The van der Waals surface area contributed by atoms with Gasteiger partial charge < -0.3 is 5.32 Å². The first-order valence-electron chi connectivity index (χ1n) is 5.52. The number of hydrogen-bond acceptors (Lipinski definition) is 3. The van der Waals surface area contributed by atoms with Gasteiger partial charge >= 0.3 is 0 Å². The fourth-order valence-corrected chi connectivity index (χ4v) is 1.47. The minimum Gasteiger partial charge on any atom is -0.344 e. The lowest BCUT2D eigenvalue weighted by Gasteiger charge is -2.19. The summed E-state index contributed by atoms with van der Waals surface area (Å²) in [5.74, 6) is 2.27. The average Bonchev–Trinajstić information content (AvgIpc) is 2.36. The zero-order valence-corrected chi connectivity index (χ0v) is 10.1. The van der Waals surface area contributed by atoms with E-state index in [2.05, 4.69) is 21.5 Å². The standard InChI is InChI=1S/C13H17N3O/c1-4-7-15-13(17)11(3)16-10(2)12-6-5-8-14-9-12/h1,5-6,8-11,16H,7H2,2-3H3,(H,15,17)/t10-,11?/m1/s1. The molecular weight excluding hydrogens is 214 g/mol. The average molecular weight is 231 g/mol. The smallest absolute Gasteiger partial charge is 0.237 e. The molecule has 1 rings (SSSR count). The van der Waals surface area contributed by atoms with Gasteiger partial charge in [-0.05, 0) is 25.5 Å². The predicted octanol–water partition coefficient (Wildman–Crippen LogP) is 0.870. The lowest BCUT2D eigenvalue weighted by Crippen LogP contribution is -2.43. The summed E-state index contributed by atoms with van der Waals surface area (Å²) in [5, 5.41) is 5.82. The van der Waals surface area contributed by atoms with Crippen molar-refractivity contribution in [3.63, 3.8) is 0 Å². The van der Waals surface area contributed by atoms with Crippen LogP contribution in [0.5, 0.6) is 0 Å². The van der Waals surface area contributed by atoms with Crippen molar-refractivity contribution >= 4 is 5.91 Å². The van der Waals surface area contributed by atoms with Gasteiger partial charge in [-0.2, -0.15) is 0 Å². The Labute approximate surface area is 102 Å². The van der Waals surface area contributed by atoms with E-state index in [1.807, 2.05) is 19.1 Å². The largest absolute Gasteiger partial charge is 0.344 e. The van der Waals surface area contributed by atoms with Crippen molar-refractivity contribution < 1.29 is 4.79 Å². The van der Waals surface area contributed by atoms with Crippen molar-refractivity contribution in [1.29, 1.82) is 0 Å². The zero-order valence-electron chi connectivity index (χ0n) is 10.1. The number of pyridine rings is 1. The van der Waals surface area contributed by atoms with Crippen molar-refractivity contribution in [2.45, 2.75) is 25.9 Å². The normalized spacial score (nSPS) is 13.5. The molecule has 0 aliphatic carbocycles. The van der Waals surface area contributed by atoms with Crippen LogP contribution in [-0.2, 0) is 4.79 Å². The molecule has 1 heterocycles. The molecule has 0 radical (unpaired) electrons. The van der Waals surface area contributed by atoms with Crippen LogP contribution >= 0.6 is 0 Å². The van der Waals surface area contributed by atoms with E-state index in [0.717, 1.165) is 5.56 Å². The van der Waals surface area contributed by atoms with Gasteiger partial charge in [-0.25, -0.2) is 0 Å². The maximum Gasteiger partial charge on any atom is 0.237 e. The molecule has 2 atom stereocenters. The number of hydrogen-bond donors (Lipinski definition) is 2. The second-order valence-electron chi connectivity index (χ2n) is 3.82. The Morgan fingerprint density at radius 3 is 2.94 bits per heavy atom. The number of amides is 1. The Balaban J connectivity index is 2.49. The molecule has 90 valence electrons. The fraction of sp³-hybridized carbons (Fsp3) is 0.385. The molecule has 4 heteroatoms. The van der Waals surface area contributed by atoms with Gasteiger partial charge in [0.2, 0.25) is 5.91 Å². The lowest BCUT2D eigenvalue weighted by molar-refractivity contribution is -0.122. The highest BCUT2D eigenvalue weighted by Gasteiger charge is 2.15. The van der Waals surface area contributed by atoms with Crippen LogP contribution in [0.1, 0.15) is 25.5 Å². The van der Waals surface area contributed by atoms with Crippen molar-refractivity contribution in [2.75, 3.05) is 6.54 Å². The molecule has 1 unspecified atom stereocenters. The molecule has 1 amide bonds. The molecule has 1 aromatic heterocycles. The van der Waals surface area contributed by atoms with Crippen molar-refractivity contribution in [3.8, 4) is 12.3 Å². The Bertz CT molecular complexity index is 397. The molecule has 1 aromatic rings. The van der Waals surface area contributed by atoms with Crippen LogP contribution in [0.15, 0.2) is 24.5 Å². The van der Waals surface area contributed by atoms with Gasteiger partial charge in [-0.15, -0.1) is 6.42 Å². The molecule has 0 saturated carbocycles. The maximum absolute atomic E-state index is 11.6. The van der Waals surface area contributed by atoms with Crippen LogP contribution in [0, 0.1) is 12.3 Å². The number of terminal acetylenes is 1. The van der Waals surface area contributed by atoms with Crippen molar-refractivity contribution in [3.05, 3.63) is 30.1 Å². The quantitative estimate of drug-likeness (QED) is 0.739. The second kappa shape index (κ2) is 6.66. The van der Waals surface area contributed by atoms with Crippen LogP contribution in [-0.4, -0.2) is 23.5 Å². The molecule has 0 saturated heterocycles. The maximum atomic E-state index is 11.6. The highest BCUT2D eigenvalue weighted by molar-refractivity contribution is 5.81. The summed E-state index contributed by atoms with van der Waals surface area (Å²) in [6, 6.07) is 3.61. The molecule has 0 fully saturated rings. The van der Waals surface area contributed by atoms with E-state index in [1.165, 1.54) is 0 Å². The minimum atomic E-state index is -0.293. The van der Waals surface area contributed by atoms with E-state index in [1.54, 1.807) is 19.3 Å². The first-order valence-corrected chi connectivity index (χ1v) is 5.52. The first kappa shape index (κ1) is 13.2. The Morgan fingerprint density at radius 2 is 2.35 bits per heavy atom. The molecule has 0 spiro atoms. The number of carbonyl (C=O) groups is 1. The summed E-state index contributed by atoms with van der Waals surface area (Å²) < 4.78 is 0. The Morgan fingerprint density at radius 1 is 1.59 bits per heavy atom.